The second-order valence-electron chi connectivity index (χ2n) is 8.96. The summed E-state index contributed by atoms with van der Waals surface area (Å²) in [5, 5.41) is 7.31. The Kier molecular flexibility index (Phi) is 6.73. The molecule has 30 heavy (non-hydrogen) atoms. The fourth-order valence-corrected chi connectivity index (χ4v) is 4.75. The molecule has 1 aromatic heterocycles. The van der Waals surface area contributed by atoms with Crippen molar-refractivity contribution >= 4 is 11.8 Å². The van der Waals surface area contributed by atoms with Gasteiger partial charge in [0, 0.05) is 70.1 Å². The van der Waals surface area contributed by atoms with Crippen LogP contribution in [0.3, 0.4) is 0 Å². The van der Waals surface area contributed by atoms with E-state index in [-0.39, 0.29) is 5.91 Å². The standard InChI is InChI=1S/C22H35N5O3/c1-16-15-20(24-25(16)2)21(28)23-9-12-27(19-7-13-30-14-8-19)18-5-10-26(11-6-18)22(29)17-3-4-17/h15,17-19H,3-14H2,1-2H3,(H,23,28). The number of likely N-dealkylation sites (tertiary alicyclic amines) is 1. The van der Waals surface area contributed by atoms with E-state index in [1.807, 2.05) is 20.0 Å². The largest absolute Gasteiger partial charge is 0.381 e. The smallest absolute Gasteiger partial charge is 0.271 e. The van der Waals surface area contributed by atoms with E-state index >= 15 is 0 Å². The second-order valence-corrected chi connectivity index (χ2v) is 8.96. The van der Waals surface area contributed by atoms with Crippen molar-refractivity contribution in [2.45, 2.75) is 57.5 Å². The normalized spacial score (nSPS) is 21.2. The summed E-state index contributed by atoms with van der Waals surface area (Å²) < 4.78 is 7.30. The molecule has 0 radical (unpaired) electrons. The van der Waals surface area contributed by atoms with Crippen LogP contribution in [-0.4, -0.2) is 82.9 Å². The maximum absolute atomic E-state index is 12.5. The third kappa shape index (κ3) is 5.03. The van der Waals surface area contributed by atoms with Crippen molar-refractivity contribution in [3.63, 3.8) is 0 Å². The maximum atomic E-state index is 12.5. The van der Waals surface area contributed by atoms with E-state index in [2.05, 4.69) is 20.2 Å². The first-order valence-corrected chi connectivity index (χ1v) is 11.4. The fraction of sp³-hybridized carbons (Fsp3) is 0.773. The zero-order valence-corrected chi connectivity index (χ0v) is 18.3. The van der Waals surface area contributed by atoms with Crippen LogP contribution in [-0.2, 0) is 16.6 Å². The molecule has 1 aromatic rings. The summed E-state index contributed by atoms with van der Waals surface area (Å²) in [6.07, 6.45) is 6.25. The number of nitrogens with zero attached hydrogens (tertiary/aromatic N) is 4. The number of aromatic nitrogens is 2. The van der Waals surface area contributed by atoms with Gasteiger partial charge in [0.15, 0.2) is 0 Å². The minimum Gasteiger partial charge on any atom is -0.381 e. The summed E-state index contributed by atoms with van der Waals surface area (Å²) in [4.78, 5) is 29.5. The predicted octanol–water partition coefficient (Wildman–Crippen LogP) is 1.34. The van der Waals surface area contributed by atoms with Gasteiger partial charge in [0.25, 0.3) is 5.91 Å². The van der Waals surface area contributed by atoms with Crippen molar-refractivity contribution in [1.82, 2.24) is 24.9 Å². The Hall–Kier alpha value is -1.93. The summed E-state index contributed by atoms with van der Waals surface area (Å²) in [6.45, 7) is 6.70. The van der Waals surface area contributed by atoms with Gasteiger partial charge in [-0.25, -0.2) is 0 Å². The molecule has 3 fully saturated rings. The lowest BCUT2D eigenvalue weighted by Gasteiger charge is -2.43. The molecule has 4 rings (SSSR count). The van der Waals surface area contributed by atoms with E-state index < -0.39 is 0 Å². The molecular formula is C22H35N5O3. The monoisotopic (exact) mass is 417 g/mol. The molecule has 1 saturated carbocycles. The third-order valence-corrected chi connectivity index (χ3v) is 6.83. The van der Waals surface area contributed by atoms with Gasteiger partial charge in [-0.05, 0) is 51.5 Å². The van der Waals surface area contributed by atoms with Gasteiger partial charge >= 0.3 is 0 Å². The van der Waals surface area contributed by atoms with E-state index in [4.69, 9.17) is 4.74 Å². The van der Waals surface area contributed by atoms with Crippen LogP contribution in [0.25, 0.3) is 0 Å². The Morgan fingerprint density at radius 2 is 1.80 bits per heavy atom. The summed E-state index contributed by atoms with van der Waals surface area (Å²) >= 11 is 0. The van der Waals surface area contributed by atoms with Crippen molar-refractivity contribution < 1.29 is 14.3 Å². The average Bonchev–Trinajstić information content (AvgIpc) is 3.56. The molecule has 0 spiro atoms. The number of aryl methyl sites for hydroxylation is 2. The van der Waals surface area contributed by atoms with Gasteiger partial charge in [-0.15, -0.1) is 0 Å². The maximum Gasteiger partial charge on any atom is 0.271 e. The highest BCUT2D eigenvalue weighted by Crippen LogP contribution is 2.32. The molecule has 2 amide bonds. The lowest BCUT2D eigenvalue weighted by molar-refractivity contribution is -0.134. The first-order valence-electron chi connectivity index (χ1n) is 11.4. The molecule has 2 aliphatic heterocycles. The summed E-state index contributed by atoms with van der Waals surface area (Å²) in [6, 6.07) is 2.77. The van der Waals surface area contributed by atoms with Gasteiger partial charge in [-0.3, -0.25) is 19.2 Å². The summed E-state index contributed by atoms with van der Waals surface area (Å²) in [7, 11) is 1.85. The molecule has 1 aliphatic carbocycles. The minimum atomic E-state index is -0.115. The lowest BCUT2D eigenvalue weighted by Crippen LogP contribution is -2.53. The van der Waals surface area contributed by atoms with E-state index in [0.29, 0.717) is 36.1 Å². The van der Waals surface area contributed by atoms with Gasteiger partial charge in [0.2, 0.25) is 5.91 Å². The van der Waals surface area contributed by atoms with E-state index in [1.54, 1.807) is 4.68 Å². The molecule has 3 aliphatic rings. The Labute approximate surface area is 178 Å². The molecule has 1 N–H and O–H groups in total. The first-order chi connectivity index (χ1) is 14.5. The number of carbonyl (C=O) groups excluding carboxylic acids is 2. The number of carbonyl (C=O) groups is 2. The van der Waals surface area contributed by atoms with Crippen molar-refractivity contribution in [2.75, 3.05) is 39.4 Å². The molecule has 2 saturated heterocycles. The SMILES string of the molecule is Cc1cc(C(=O)NCCN(C2CCOCC2)C2CCN(C(=O)C3CC3)CC2)nn1C. The topological polar surface area (TPSA) is 79.7 Å². The fourth-order valence-electron chi connectivity index (χ4n) is 4.75. The van der Waals surface area contributed by atoms with Crippen molar-refractivity contribution in [3.05, 3.63) is 17.5 Å². The van der Waals surface area contributed by atoms with E-state index in [1.165, 1.54) is 0 Å². The van der Waals surface area contributed by atoms with E-state index in [9.17, 15) is 9.59 Å². The molecule has 8 heteroatoms. The van der Waals surface area contributed by atoms with Crippen LogP contribution in [0.4, 0.5) is 0 Å². The number of nitrogens with one attached hydrogen (secondary N) is 1. The summed E-state index contributed by atoms with van der Waals surface area (Å²) in [5.74, 6) is 0.554. The van der Waals surface area contributed by atoms with Crippen LogP contribution in [0.15, 0.2) is 6.07 Å². The van der Waals surface area contributed by atoms with Crippen molar-refractivity contribution in [1.29, 1.82) is 0 Å². The Balaban J connectivity index is 1.32. The Morgan fingerprint density at radius 3 is 2.40 bits per heavy atom. The first kappa shape index (κ1) is 21.3. The third-order valence-electron chi connectivity index (χ3n) is 6.83. The van der Waals surface area contributed by atoms with Gasteiger partial charge < -0.3 is 15.0 Å². The molecular weight excluding hydrogens is 382 g/mol. The van der Waals surface area contributed by atoms with Crippen LogP contribution in [0.2, 0.25) is 0 Å². The van der Waals surface area contributed by atoms with Crippen LogP contribution in [0.1, 0.15) is 54.7 Å². The zero-order chi connectivity index (χ0) is 21.1. The van der Waals surface area contributed by atoms with Gasteiger partial charge in [0.05, 0.1) is 0 Å². The molecule has 8 nitrogen and oxygen atoms in total. The zero-order valence-electron chi connectivity index (χ0n) is 18.3. The molecule has 0 bridgehead atoms. The highest BCUT2D eigenvalue weighted by Gasteiger charge is 2.37. The van der Waals surface area contributed by atoms with Crippen LogP contribution >= 0.6 is 0 Å². The number of piperidine rings is 1. The lowest BCUT2D eigenvalue weighted by atomic mass is 9.97. The van der Waals surface area contributed by atoms with Crippen LogP contribution < -0.4 is 5.32 Å². The average molecular weight is 418 g/mol. The Bertz CT molecular complexity index is 726. The van der Waals surface area contributed by atoms with Gasteiger partial charge in [-0.1, -0.05) is 0 Å². The summed E-state index contributed by atoms with van der Waals surface area (Å²) in [5.41, 5.74) is 1.44. The van der Waals surface area contributed by atoms with Crippen LogP contribution in [0.5, 0.6) is 0 Å². The molecule has 3 heterocycles. The molecule has 0 atom stereocenters. The second kappa shape index (κ2) is 9.47. The molecule has 0 aromatic carbocycles. The quantitative estimate of drug-likeness (QED) is 0.724. The van der Waals surface area contributed by atoms with Crippen molar-refractivity contribution in [3.8, 4) is 0 Å². The van der Waals surface area contributed by atoms with Gasteiger partial charge in [0.1, 0.15) is 5.69 Å². The van der Waals surface area contributed by atoms with Gasteiger partial charge in [-0.2, -0.15) is 5.10 Å². The predicted molar refractivity (Wildman–Crippen MR) is 113 cm³/mol. The highest BCUT2D eigenvalue weighted by atomic mass is 16.5. The Morgan fingerprint density at radius 1 is 1.13 bits per heavy atom. The van der Waals surface area contributed by atoms with E-state index in [0.717, 1.165) is 77.1 Å². The molecule has 0 unspecified atom stereocenters. The number of hydrogen-bond donors (Lipinski definition) is 1. The number of ether oxygens (including phenoxy) is 1. The number of rotatable bonds is 7. The van der Waals surface area contributed by atoms with Crippen molar-refractivity contribution in [2.24, 2.45) is 13.0 Å². The highest BCUT2D eigenvalue weighted by molar-refractivity contribution is 5.92. The molecule has 166 valence electrons. The number of amides is 2. The minimum absolute atomic E-state index is 0.115. The number of hydrogen-bond acceptors (Lipinski definition) is 5. The van der Waals surface area contributed by atoms with Crippen LogP contribution in [0, 0.1) is 12.8 Å².